The van der Waals surface area contributed by atoms with E-state index in [1.54, 1.807) is 0 Å². The number of hydrogen-bond donors (Lipinski definition) is 2. The van der Waals surface area contributed by atoms with Gasteiger partial charge in [0.1, 0.15) is 0 Å². The van der Waals surface area contributed by atoms with Crippen molar-refractivity contribution in [3.05, 3.63) is 0 Å². The molecule has 1 saturated heterocycles. The van der Waals surface area contributed by atoms with Crippen molar-refractivity contribution in [3.8, 4) is 0 Å². The molecule has 1 aliphatic heterocycles. The summed E-state index contributed by atoms with van der Waals surface area (Å²) in [4.78, 5) is 0. The molecule has 2 atom stereocenters. The molecule has 1 heterocycles. The third kappa shape index (κ3) is 2.96. The van der Waals surface area contributed by atoms with Crippen LogP contribution >= 0.6 is 0 Å². The SMILES string of the molecule is CC(NCC(O)C1CCOCC1)C1(C)CC1. The van der Waals surface area contributed by atoms with Gasteiger partial charge in [0, 0.05) is 25.8 Å². The van der Waals surface area contributed by atoms with Crippen molar-refractivity contribution in [2.24, 2.45) is 11.3 Å². The van der Waals surface area contributed by atoms with Crippen LogP contribution in [0, 0.1) is 11.3 Å². The van der Waals surface area contributed by atoms with E-state index in [4.69, 9.17) is 4.74 Å². The van der Waals surface area contributed by atoms with Crippen LogP contribution in [0.3, 0.4) is 0 Å². The molecule has 2 N–H and O–H groups in total. The first-order chi connectivity index (χ1) is 7.62. The van der Waals surface area contributed by atoms with E-state index in [0.717, 1.165) is 32.6 Å². The summed E-state index contributed by atoms with van der Waals surface area (Å²) in [5, 5.41) is 13.6. The van der Waals surface area contributed by atoms with Crippen LogP contribution in [0.5, 0.6) is 0 Å². The summed E-state index contributed by atoms with van der Waals surface area (Å²) in [5.74, 6) is 0.431. The highest BCUT2D eigenvalue weighted by Crippen LogP contribution is 2.47. The van der Waals surface area contributed by atoms with Crippen molar-refractivity contribution in [3.63, 3.8) is 0 Å². The van der Waals surface area contributed by atoms with Gasteiger partial charge in [0.05, 0.1) is 6.10 Å². The summed E-state index contributed by atoms with van der Waals surface area (Å²) in [7, 11) is 0. The van der Waals surface area contributed by atoms with Crippen molar-refractivity contribution in [2.75, 3.05) is 19.8 Å². The maximum absolute atomic E-state index is 10.1. The topological polar surface area (TPSA) is 41.5 Å². The van der Waals surface area contributed by atoms with Gasteiger partial charge in [0.25, 0.3) is 0 Å². The van der Waals surface area contributed by atoms with Crippen molar-refractivity contribution in [2.45, 2.75) is 51.7 Å². The molecule has 0 bridgehead atoms. The minimum Gasteiger partial charge on any atom is -0.392 e. The Labute approximate surface area is 98.6 Å². The second-order valence-electron chi connectivity index (χ2n) is 5.80. The zero-order valence-electron chi connectivity index (χ0n) is 10.5. The predicted molar refractivity (Wildman–Crippen MR) is 64.4 cm³/mol. The van der Waals surface area contributed by atoms with E-state index in [1.165, 1.54) is 12.8 Å². The summed E-state index contributed by atoms with van der Waals surface area (Å²) in [6, 6.07) is 0.530. The van der Waals surface area contributed by atoms with Gasteiger partial charge in [-0.25, -0.2) is 0 Å². The smallest absolute Gasteiger partial charge is 0.0694 e. The van der Waals surface area contributed by atoms with Gasteiger partial charge in [0.15, 0.2) is 0 Å². The molecular formula is C13H25NO2. The summed E-state index contributed by atoms with van der Waals surface area (Å²) in [6.45, 7) is 6.93. The molecule has 0 aromatic rings. The molecule has 3 nitrogen and oxygen atoms in total. The summed E-state index contributed by atoms with van der Waals surface area (Å²) < 4.78 is 5.31. The predicted octanol–water partition coefficient (Wildman–Crippen LogP) is 1.55. The highest BCUT2D eigenvalue weighted by molar-refractivity contribution is 4.96. The van der Waals surface area contributed by atoms with Crippen molar-refractivity contribution in [1.82, 2.24) is 5.32 Å². The fourth-order valence-corrected chi connectivity index (χ4v) is 2.44. The third-order valence-electron chi connectivity index (χ3n) is 4.53. The zero-order valence-corrected chi connectivity index (χ0v) is 10.5. The Hall–Kier alpha value is -0.120. The molecule has 2 fully saturated rings. The van der Waals surface area contributed by atoms with Crippen LogP contribution in [-0.4, -0.2) is 37.0 Å². The van der Waals surface area contributed by atoms with Crippen molar-refractivity contribution in [1.29, 1.82) is 0 Å². The van der Waals surface area contributed by atoms with Crippen LogP contribution in [-0.2, 0) is 4.74 Å². The first-order valence-electron chi connectivity index (χ1n) is 6.61. The number of aliphatic hydroxyl groups is 1. The maximum atomic E-state index is 10.1. The lowest BCUT2D eigenvalue weighted by Gasteiger charge is -2.29. The minimum absolute atomic E-state index is 0.200. The molecular weight excluding hydrogens is 202 g/mol. The number of hydrogen-bond acceptors (Lipinski definition) is 3. The van der Waals surface area contributed by atoms with Crippen LogP contribution < -0.4 is 5.32 Å². The highest BCUT2D eigenvalue weighted by Gasteiger charge is 2.42. The van der Waals surface area contributed by atoms with E-state index in [2.05, 4.69) is 19.2 Å². The molecule has 2 aliphatic rings. The van der Waals surface area contributed by atoms with E-state index in [-0.39, 0.29) is 6.10 Å². The lowest BCUT2D eigenvalue weighted by Crippen LogP contribution is -2.42. The second-order valence-corrected chi connectivity index (χ2v) is 5.80. The molecule has 3 heteroatoms. The third-order valence-corrected chi connectivity index (χ3v) is 4.53. The molecule has 94 valence electrons. The van der Waals surface area contributed by atoms with Gasteiger partial charge in [0.2, 0.25) is 0 Å². The first kappa shape index (κ1) is 12.3. The molecule has 0 radical (unpaired) electrons. The van der Waals surface area contributed by atoms with Crippen LogP contribution in [0.1, 0.15) is 39.5 Å². The van der Waals surface area contributed by atoms with E-state index in [0.29, 0.717) is 17.4 Å². The molecule has 0 spiro atoms. The van der Waals surface area contributed by atoms with Gasteiger partial charge in [-0.2, -0.15) is 0 Å². The number of rotatable bonds is 5. The first-order valence-corrected chi connectivity index (χ1v) is 6.61. The van der Waals surface area contributed by atoms with E-state index in [9.17, 15) is 5.11 Å². The number of nitrogens with one attached hydrogen (secondary N) is 1. The Balaban J connectivity index is 1.68. The Morgan fingerprint density at radius 3 is 2.56 bits per heavy atom. The Bertz CT molecular complexity index is 222. The van der Waals surface area contributed by atoms with Gasteiger partial charge in [-0.1, -0.05) is 6.92 Å². The fraction of sp³-hybridized carbons (Fsp3) is 1.00. The minimum atomic E-state index is -0.200. The van der Waals surface area contributed by atoms with E-state index < -0.39 is 0 Å². The monoisotopic (exact) mass is 227 g/mol. The Kier molecular flexibility index (Phi) is 3.88. The van der Waals surface area contributed by atoms with Gasteiger partial charge in [-0.05, 0) is 43.9 Å². The molecule has 1 aliphatic carbocycles. The van der Waals surface area contributed by atoms with Gasteiger partial charge < -0.3 is 15.2 Å². The average molecular weight is 227 g/mol. The van der Waals surface area contributed by atoms with Crippen molar-refractivity contribution < 1.29 is 9.84 Å². The van der Waals surface area contributed by atoms with E-state index in [1.807, 2.05) is 0 Å². The summed E-state index contributed by atoms with van der Waals surface area (Å²) in [5.41, 5.74) is 0.495. The summed E-state index contributed by atoms with van der Waals surface area (Å²) in [6.07, 6.45) is 4.47. The van der Waals surface area contributed by atoms with Gasteiger partial charge in [-0.15, -0.1) is 0 Å². The molecule has 0 amide bonds. The molecule has 0 aromatic heterocycles. The van der Waals surface area contributed by atoms with Crippen LogP contribution in [0.25, 0.3) is 0 Å². The molecule has 0 aromatic carbocycles. The number of aliphatic hydroxyl groups excluding tert-OH is 1. The summed E-state index contributed by atoms with van der Waals surface area (Å²) >= 11 is 0. The van der Waals surface area contributed by atoms with E-state index >= 15 is 0 Å². The quantitative estimate of drug-likeness (QED) is 0.749. The lowest BCUT2D eigenvalue weighted by atomic mass is 9.93. The second kappa shape index (κ2) is 5.03. The zero-order chi connectivity index (χ0) is 11.6. The largest absolute Gasteiger partial charge is 0.392 e. The van der Waals surface area contributed by atoms with Crippen molar-refractivity contribution >= 4 is 0 Å². The normalized spacial score (nSPS) is 28.7. The Morgan fingerprint density at radius 1 is 1.38 bits per heavy atom. The molecule has 16 heavy (non-hydrogen) atoms. The molecule has 2 rings (SSSR count). The average Bonchev–Trinajstić information content (AvgIpc) is 3.06. The maximum Gasteiger partial charge on any atom is 0.0694 e. The number of ether oxygens (including phenoxy) is 1. The van der Waals surface area contributed by atoms with Crippen LogP contribution in [0.4, 0.5) is 0 Å². The van der Waals surface area contributed by atoms with Crippen LogP contribution in [0.2, 0.25) is 0 Å². The molecule has 2 unspecified atom stereocenters. The standard InChI is InChI=1S/C13H25NO2/c1-10(13(2)5-6-13)14-9-12(15)11-3-7-16-8-4-11/h10-12,14-15H,3-9H2,1-2H3. The lowest BCUT2D eigenvalue weighted by molar-refractivity contribution is 0.00708. The fourth-order valence-electron chi connectivity index (χ4n) is 2.44. The van der Waals surface area contributed by atoms with Gasteiger partial charge >= 0.3 is 0 Å². The Morgan fingerprint density at radius 2 is 2.00 bits per heavy atom. The highest BCUT2D eigenvalue weighted by atomic mass is 16.5. The molecule has 1 saturated carbocycles. The van der Waals surface area contributed by atoms with Gasteiger partial charge in [-0.3, -0.25) is 0 Å². The van der Waals surface area contributed by atoms with Crippen LogP contribution in [0.15, 0.2) is 0 Å².